The number of hydrogen-bond donors (Lipinski definition) is 1. The Labute approximate surface area is 125 Å². The lowest BCUT2D eigenvalue weighted by molar-refractivity contribution is -0.0499. The standard InChI is InChI=1S/C16H24F2N2O/c1-11-5-4-8-20(15(11)10-19)12(2)13-6-3-7-14(9-13)21-16(17)18/h3,6-7,9,11-12,15-16H,4-5,8,10,19H2,1-2H3. The van der Waals surface area contributed by atoms with E-state index in [9.17, 15) is 8.78 Å². The van der Waals surface area contributed by atoms with Gasteiger partial charge in [0, 0.05) is 18.6 Å². The van der Waals surface area contributed by atoms with Gasteiger partial charge < -0.3 is 10.5 Å². The highest BCUT2D eigenvalue weighted by Gasteiger charge is 2.31. The lowest BCUT2D eigenvalue weighted by Crippen LogP contribution is -2.49. The molecule has 0 aromatic heterocycles. The van der Waals surface area contributed by atoms with Crippen molar-refractivity contribution < 1.29 is 13.5 Å². The van der Waals surface area contributed by atoms with Gasteiger partial charge in [-0.3, -0.25) is 4.90 Å². The van der Waals surface area contributed by atoms with Gasteiger partial charge in [-0.25, -0.2) is 0 Å². The van der Waals surface area contributed by atoms with E-state index in [0.29, 0.717) is 18.5 Å². The third kappa shape index (κ3) is 3.92. The number of benzene rings is 1. The van der Waals surface area contributed by atoms with Crippen molar-refractivity contribution in [3.8, 4) is 5.75 Å². The Kier molecular flexibility index (Phi) is 5.53. The Morgan fingerprint density at radius 3 is 2.86 bits per heavy atom. The van der Waals surface area contributed by atoms with Crippen LogP contribution in [0, 0.1) is 5.92 Å². The van der Waals surface area contributed by atoms with E-state index in [2.05, 4.69) is 23.5 Å². The first kappa shape index (κ1) is 16.2. The van der Waals surface area contributed by atoms with Crippen LogP contribution < -0.4 is 10.5 Å². The Balaban J connectivity index is 2.16. The third-order valence-corrected chi connectivity index (χ3v) is 4.46. The third-order valence-electron chi connectivity index (χ3n) is 4.46. The molecule has 2 N–H and O–H groups in total. The number of nitrogens with two attached hydrogens (primary N) is 1. The molecule has 1 saturated heterocycles. The topological polar surface area (TPSA) is 38.5 Å². The summed E-state index contributed by atoms with van der Waals surface area (Å²) in [7, 11) is 0. The Morgan fingerprint density at radius 1 is 1.43 bits per heavy atom. The molecule has 0 bridgehead atoms. The first-order valence-electron chi connectivity index (χ1n) is 7.53. The number of alkyl halides is 2. The molecule has 0 spiro atoms. The molecule has 1 fully saturated rings. The number of rotatable bonds is 5. The Hall–Kier alpha value is -1.20. The molecule has 3 nitrogen and oxygen atoms in total. The molecule has 118 valence electrons. The number of halogens is 2. The Morgan fingerprint density at radius 2 is 2.19 bits per heavy atom. The fraction of sp³-hybridized carbons (Fsp3) is 0.625. The number of ether oxygens (including phenoxy) is 1. The van der Waals surface area contributed by atoms with Crippen molar-refractivity contribution in [2.24, 2.45) is 11.7 Å². The lowest BCUT2D eigenvalue weighted by Gasteiger charge is -2.43. The first-order valence-corrected chi connectivity index (χ1v) is 7.53. The van der Waals surface area contributed by atoms with E-state index >= 15 is 0 Å². The van der Waals surface area contributed by atoms with Gasteiger partial charge >= 0.3 is 6.61 Å². The van der Waals surface area contributed by atoms with Gasteiger partial charge in [-0.2, -0.15) is 8.78 Å². The molecule has 1 aromatic rings. The Bertz CT molecular complexity index is 456. The maximum atomic E-state index is 12.3. The van der Waals surface area contributed by atoms with Gasteiger partial charge in [0.15, 0.2) is 0 Å². The molecule has 0 saturated carbocycles. The minimum Gasteiger partial charge on any atom is -0.435 e. The van der Waals surface area contributed by atoms with E-state index in [1.807, 2.05) is 6.07 Å². The van der Waals surface area contributed by atoms with Gasteiger partial charge in [0.05, 0.1) is 0 Å². The van der Waals surface area contributed by atoms with Gasteiger partial charge in [-0.05, 0) is 49.9 Å². The van der Waals surface area contributed by atoms with Crippen LogP contribution in [0.4, 0.5) is 8.78 Å². The van der Waals surface area contributed by atoms with Crippen molar-refractivity contribution >= 4 is 0 Å². The fourth-order valence-corrected chi connectivity index (χ4v) is 3.27. The monoisotopic (exact) mass is 298 g/mol. The van der Waals surface area contributed by atoms with Crippen LogP contribution >= 0.6 is 0 Å². The van der Waals surface area contributed by atoms with Crippen LogP contribution in [0.2, 0.25) is 0 Å². The van der Waals surface area contributed by atoms with Crippen LogP contribution in [0.25, 0.3) is 0 Å². The van der Waals surface area contributed by atoms with Gasteiger partial charge in [-0.15, -0.1) is 0 Å². The molecular weight excluding hydrogens is 274 g/mol. The van der Waals surface area contributed by atoms with Crippen LogP contribution in [0.3, 0.4) is 0 Å². The number of likely N-dealkylation sites (tertiary alicyclic amines) is 1. The molecule has 2 rings (SSSR count). The van der Waals surface area contributed by atoms with Crippen molar-refractivity contribution in [1.82, 2.24) is 4.90 Å². The van der Waals surface area contributed by atoms with E-state index in [0.717, 1.165) is 18.5 Å². The molecule has 5 heteroatoms. The van der Waals surface area contributed by atoms with E-state index in [1.54, 1.807) is 18.2 Å². The zero-order chi connectivity index (χ0) is 15.4. The second kappa shape index (κ2) is 7.18. The number of hydrogen-bond acceptors (Lipinski definition) is 3. The molecule has 1 heterocycles. The highest BCUT2D eigenvalue weighted by Crippen LogP contribution is 2.32. The fourth-order valence-electron chi connectivity index (χ4n) is 3.27. The van der Waals surface area contributed by atoms with Crippen molar-refractivity contribution in [3.63, 3.8) is 0 Å². The molecule has 0 amide bonds. The van der Waals surface area contributed by atoms with Crippen LogP contribution in [0.1, 0.15) is 38.3 Å². The highest BCUT2D eigenvalue weighted by molar-refractivity contribution is 5.30. The minimum atomic E-state index is -2.79. The molecule has 0 aliphatic carbocycles. The summed E-state index contributed by atoms with van der Waals surface area (Å²) in [5.41, 5.74) is 6.92. The first-order chi connectivity index (χ1) is 10.0. The second-order valence-corrected chi connectivity index (χ2v) is 5.79. The summed E-state index contributed by atoms with van der Waals surface area (Å²) in [6, 6.07) is 7.45. The van der Waals surface area contributed by atoms with Gasteiger partial charge in [-0.1, -0.05) is 19.1 Å². The van der Waals surface area contributed by atoms with Crippen molar-refractivity contribution in [1.29, 1.82) is 0 Å². The molecule has 21 heavy (non-hydrogen) atoms. The van der Waals surface area contributed by atoms with Gasteiger partial charge in [0.25, 0.3) is 0 Å². The minimum absolute atomic E-state index is 0.141. The van der Waals surface area contributed by atoms with Crippen molar-refractivity contribution in [2.75, 3.05) is 13.1 Å². The van der Waals surface area contributed by atoms with Crippen molar-refractivity contribution in [3.05, 3.63) is 29.8 Å². The van der Waals surface area contributed by atoms with Gasteiger partial charge in [0.2, 0.25) is 0 Å². The summed E-state index contributed by atoms with van der Waals surface area (Å²) in [5.74, 6) is 0.774. The maximum Gasteiger partial charge on any atom is 0.387 e. The maximum absolute atomic E-state index is 12.3. The molecule has 3 atom stereocenters. The lowest BCUT2D eigenvalue weighted by atomic mass is 9.88. The van der Waals surface area contributed by atoms with Crippen LogP contribution in [-0.4, -0.2) is 30.6 Å². The smallest absolute Gasteiger partial charge is 0.387 e. The molecule has 1 aliphatic heterocycles. The number of nitrogens with zero attached hydrogens (tertiary/aromatic N) is 1. The summed E-state index contributed by atoms with van der Waals surface area (Å²) >= 11 is 0. The summed E-state index contributed by atoms with van der Waals surface area (Å²) in [6.45, 7) is 3.16. The van der Waals surface area contributed by atoms with E-state index < -0.39 is 6.61 Å². The molecule has 3 unspecified atom stereocenters. The van der Waals surface area contributed by atoms with Crippen LogP contribution in [-0.2, 0) is 0 Å². The summed E-state index contributed by atoms with van der Waals surface area (Å²) in [5, 5.41) is 0. The SMILES string of the molecule is CC1CCCN(C(C)c2cccc(OC(F)F)c2)C1CN. The quantitative estimate of drug-likeness (QED) is 0.905. The summed E-state index contributed by atoms with van der Waals surface area (Å²) in [4.78, 5) is 2.38. The predicted octanol–water partition coefficient (Wildman–Crippen LogP) is 3.41. The second-order valence-electron chi connectivity index (χ2n) is 5.79. The largest absolute Gasteiger partial charge is 0.435 e. The van der Waals surface area contributed by atoms with E-state index in [1.165, 1.54) is 6.42 Å². The average molecular weight is 298 g/mol. The average Bonchev–Trinajstić information content (AvgIpc) is 2.45. The zero-order valence-corrected chi connectivity index (χ0v) is 12.6. The summed E-state index contributed by atoms with van der Waals surface area (Å²) in [6.07, 6.45) is 2.34. The van der Waals surface area contributed by atoms with Gasteiger partial charge in [0.1, 0.15) is 5.75 Å². The van der Waals surface area contributed by atoms with Crippen LogP contribution in [0.5, 0.6) is 5.75 Å². The van der Waals surface area contributed by atoms with E-state index in [4.69, 9.17) is 5.73 Å². The molecule has 1 aromatic carbocycles. The molecule has 1 aliphatic rings. The number of piperidine rings is 1. The summed E-state index contributed by atoms with van der Waals surface area (Å²) < 4.78 is 29.1. The zero-order valence-electron chi connectivity index (χ0n) is 12.6. The normalized spacial score (nSPS) is 25.0. The van der Waals surface area contributed by atoms with Crippen molar-refractivity contribution in [2.45, 2.75) is 45.4 Å². The predicted molar refractivity (Wildman–Crippen MR) is 79.4 cm³/mol. The molecular formula is C16H24F2N2O. The van der Waals surface area contributed by atoms with E-state index in [-0.39, 0.29) is 11.8 Å². The van der Waals surface area contributed by atoms with Crippen LogP contribution in [0.15, 0.2) is 24.3 Å². The molecule has 0 radical (unpaired) electrons. The highest BCUT2D eigenvalue weighted by atomic mass is 19.3.